The summed E-state index contributed by atoms with van der Waals surface area (Å²) in [5.74, 6) is -0.918. The molecule has 0 bridgehead atoms. The van der Waals surface area contributed by atoms with Gasteiger partial charge in [-0.1, -0.05) is 18.5 Å². The molecule has 0 atom stereocenters. The normalized spacial score (nSPS) is 11.1. The molecular weight excluding hydrogens is 312 g/mol. The fraction of sp³-hybridized carbons (Fsp3) is 0.133. The van der Waals surface area contributed by atoms with E-state index in [2.05, 4.69) is 9.97 Å². The second-order valence-electron chi connectivity index (χ2n) is 4.64. The third-order valence-electron chi connectivity index (χ3n) is 3.26. The van der Waals surface area contributed by atoms with Gasteiger partial charge in [0, 0.05) is 12.5 Å². The number of rotatable bonds is 2. The summed E-state index contributed by atoms with van der Waals surface area (Å²) in [6.45, 7) is 1.76. The van der Waals surface area contributed by atoms with Crippen LogP contribution < -0.4 is 5.56 Å². The Kier molecular flexibility index (Phi) is 3.62. The third kappa shape index (κ3) is 2.25. The van der Waals surface area contributed by atoms with Gasteiger partial charge < -0.3 is 0 Å². The second-order valence-corrected chi connectivity index (χ2v) is 5.04. The molecule has 0 unspecified atom stereocenters. The van der Waals surface area contributed by atoms with Gasteiger partial charge in [0.2, 0.25) is 0 Å². The van der Waals surface area contributed by atoms with Crippen LogP contribution in [0.4, 0.5) is 8.78 Å². The van der Waals surface area contributed by atoms with Crippen molar-refractivity contribution in [1.82, 2.24) is 14.5 Å². The number of aryl methyl sites for hydroxylation is 1. The summed E-state index contributed by atoms with van der Waals surface area (Å²) >= 11 is 6.01. The molecule has 0 fully saturated rings. The number of hydrogen-bond donors (Lipinski definition) is 0. The fourth-order valence-electron chi connectivity index (χ4n) is 2.29. The van der Waals surface area contributed by atoms with Gasteiger partial charge in [0.15, 0.2) is 0 Å². The Morgan fingerprint density at radius 1 is 1.27 bits per heavy atom. The number of pyridine rings is 1. The van der Waals surface area contributed by atoms with Gasteiger partial charge in [0.1, 0.15) is 23.0 Å². The van der Waals surface area contributed by atoms with Crippen LogP contribution in [0.25, 0.3) is 16.6 Å². The molecule has 0 N–H and O–H groups in total. The van der Waals surface area contributed by atoms with Crippen molar-refractivity contribution in [3.8, 4) is 5.69 Å². The summed E-state index contributed by atoms with van der Waals surface area (Å²) in [5.41, 5.74) is -0.426. The Balaban J connectivity index is 2.47. The van der Waals surface area contributed by atoms with Gasteiger partial charge in [-0.05, 0) is 12.1 Å². The molecule has 7 heteroatoms. The van der Waals surface area contributed by atoms with Gasteiger partial charge in [0.25, 0.3) is 5.56 Å². The maximum atomic E-state index is 13.9. The summed E-state index contributed by atoms with van der Waals surface area (Å²) < 4.78 is 28.5. The van der Waals surface area contributed by atoms with Crippen LogP contribution in [-0.2, 0) is 6.42 Å². The smallest absolute Gasteiger partial charge is 0.267 e. The molecule has 4 nitrogen and oxygen atoms in total. The van der Waals surface area contributed by atoms with Crippen LogP contribution in [0.15, 0.2) is 35.4 Å². The molecule has 0 aliphatic heterocycles. The van der Waals surface area contributed by atoms with E-state index in [-0.39, 0.29) is 21.6 Å². The lowest BCUT2D eigenvalue weighted by atomic mass is 10.2. The Morgan fingerprint density at radius 3 is 2.73 bits per heavy atom. The Bertz CT molecular complexity index is 940. The highest BCUT2D eigenvalue weighted by molar-refractivity contribution is 6.35. The first kappa shape index (κ1) is 14.6. The summed E-state index contributed by atoms with van der Waals surface area (Å²) in [7, 11) is 0. The highest BCUT2D eigenvalue weighted by Crippen LogP contribution is 2.23. The van der Waals surface area contributed by atoms with Crippen LogP contribution in [-0.4, -0.2) is 14.5 Å². The summed E-state index contributed by atoms with van der Waals surface area (Å²) in [4.78, 5) is 20.6. The van der Waals surface area contributed by atoms with Gasteiger partial charge in [-0.15, -0.1) is 0 Å². The van der Waals surface area contributed by atoms with Crippen molar-refractivity contribution >= 4 is 22.5 Å². The molecule has 112 valence electrons. The molecule has 2 heterocycles. The van der Waals surface area contributed by atoms with Gasteiger partial charge >= 0.3 is 0 Å². The molecule has 0 amide bonds. The Labute approximate surface area is 129 Å². The van der Waals surface area contributed by atoms with Crippen LogP contribution in [0.2, 0.25) is 5.02 Å². The van der Waals surface area contributed by atoms with E-state index in [0.717, 1.165) is 18.3 Å². The van der Waals surface area contributed by atoms with Crippen LogP contribution >= 0.6 is 11.6 Å². The third-order valence-corrected chi connectivity index (χ3v) is 3.57. The topological polar surface area (TPSA) is 47.8 Å². The molecule has 0 spiro atoms. The van der Waals surface area contributed by atoms with E-state index >= 15 is 0 Å². The molecule has 0 aliphatic carbocycles. The number of hydrogen-bond acceptors (Lipinski definition) is 3. The zero-order valence-electron chi connectivity index (χ0n) is 11.5. The van der Waals surface area contributed by atoms with Crippen molar-refractivity contribution < 1.29 is 8.78 Å². The van der Waals surface area contributed by atoms with Gasteiger partial charge in [-0.2, -0.15) is 0 Å². The maximum absolute atomic E-state index is 13.9. The van der Waals surface area contributed by atoms with Crippen molar-refractivity contribution in [2.45, 2.75) is 13.3 Å². The first-order chi connectivity index (χ1) is 10.5. The molecule has 2 aromatic heterocycles. The zero-order valence-corrected chi connectivity index (χ0v) is 12.2. The SMILES string of the molecule is CCc1nc2c(F)ccc(Cl)c2c(=O)n1-c1cncc(F)c1. The summed E-state index contributed by atoms with van der Waals surface area (Å²) in [6.07, 6.45) is 2.72. The number of halogens is 3. The van der Waals surface area contributed by atoms with Crippen molar-refractivity contribution in [2.75, 3.05) is 0 Å². The van der Waals surface area contributed by atoms with E-state index in [9.17, 15) is 13.6 Å². The maximum Gasteiger partial charge on any atom is 0.267 e. The molecule has 3 aromatic rings. The minimum atomic E-state index is -0.629. The highest BCUT2D eigenvalue weighted by atomic mass is 35.5. The lowest BCUT2D eigenvalue weighted by Crippen LogP contribution is -2.24. The lowest BCUT2D eigenvalue weighted by molar-refractivity contribution is 0.618. The Morgan fingerprint density at radius 2 is 2.05 bits per heavy atom. The predicted molar refractivity (Wildman–Crippen MR) is 79.4 cm³/mol. The molecule has 0 saturated carbocycles. The predicted octanol–water partition coefficient (Wildman–Crippen LogP) is 3.27. The fourth-order valence-corrected chi connectivity index (χ4v) is 2.52. The quantitative estimate of drug-likeness (QED) is 0.728. The largest absolute Gasteiger partial charge is 0.268 e. The molecule has 0 aliphatic rings. The summed E-state index contributed by atoms with van der Waals surface area (Å²) in [5, 5.41) is 0.0535. The van der Waals surface area contributed by atoms with E-state index in [1.165, 1.54) is 16.8 Å². The summed E-state index contributed by atoms with van der Waals surface area (Å²) in [6, 6.07) is 3.61. The van der Waals surface area contributed by atoms with Crippen LogP contribution in [0.1, 0.15) is 12.7 Å². The number of aromatic nitrogens is 3. The monoisotopic (exact) mass is 321 g/mol. The molecule has 0 saturated heterocycles. The lowest BCUT2D eigenvalue weighted by Gasteiger charge is -2.13. The van der Waals surface area contributed by atoms with Crippen molar-refractivity contribution in [1.29, 1.82) is 0 Å². The number of nitrogens with zero attached hydrogens (tertiary/aromatic N) is 3. The first-order valence-electron chi connectivity index (χ1n) is 6.53. The van der Waals surface area contributed by atoms with E-state index in [0.29, 0.717) is 12.2 Å². The van der Waals surface area contributed by atoms with E-state index in [4.69, 9.17) is 11.6 Å². The number of benzene rings is 1. The molecular formula is C15H10ClF2N3O. The molecule has 3 rings (SSSR count). The van der Waals surface area contributed by atoms with Crippen molar-refractivity contribution in [2.24, 2.45) is 0 Å². The van der Waals surface area contributed by atoms with E-state index < -0.39 is 17.2 Å². The van der Waals surface area contributed by atoms with Gasteiger partial charge in [-0.3, -0.25) is 14.3 Å². The van der Waals surface area contributed by atoms with Gasteiger partial charge in [0.05, 0.1) is 28.5 Å². The van der Waals surface area contributed by atoms with Crippen LogP contribution in [0.3, 0.4) is 0 Å². The number of fused-ring (bicyclic) bond motifs is 1. The Hall–Kier alpha value is -2.34. The van der Waals surface area contributed by atoms with E-state index in [1.807, 2.05) is 0 Å². The van der Waals surface area contributed by atoms with Crippen LogP contribution in [0.5, 0.6) is 0 Å². The minimum absolute atomic E-state index is 0.0388. The van der Waals surface area contributed by atoms with E-state index in [1.54, 1.807) is 6.92 Å². The van der Waals surface area contributed by atoms with Crippen molar-refractivity contribution in [3.63, 3.8) is 0 Å². The van der Waals surface area contributed by atoms with Crippen LogP contribution in [0, 0.1) is 11.6 Å². The molecule has 1 aromatic carbocycles. The molecule has 22 heavy (non-hydrogen) atoms. The standard InChI is InChI=1S/C15H10ClF2N3O/c1-2-12-20-14-11(18)4-3-10(16)13(14)15(22)21(12)9-5-8(17)6-19-7-9/h3-7H,2H2,1H3. The van der Waals surface area contributed by atoms with Gasteiger partial charge in [-0.25, -0.2) is 13.8 Å². The average Bonchev–Trinajstić information content (AvgIpc) is 2.50. The average molecular weight is 322 g/mol. The molecule has 0 radical (unpaired) electrons. The zero-order chi connectivity index (χ0) is 15.9. The highest BCUT2D eigenvalue weighted by Gasteiger charge is 2.17. The minimum Gasteiger partial charge on any atom is -0.268 e. The van der Waals surface area contributed by atoms with Crippen molar-refractivity contribution in [3.05, 3.63) is 63.4 Å². The second kappa shape index (κ2) is 5.46. The first-order valence-corrected chi connectivity index (χ1v) is 6.91.